The standard InChI is InChI=1S/C17H17NO4/c1-20-16-9-13(14-11-22-17(19)18-14)7-8-15(16)21-10-12-5-3-2-4-6-12/h2-9,14H,10-11H2,1H3,(H,18,19)/t14-/m0/s1. The molecule has 114 valence electrons. The van der Waals surface area contributed by atoms with Crippen molar-refractivity contribution in [2.24, 2.45) is 0 Å². The molecule has 2 aromatic carbocycles. The zero-order valence-corrected chi connectivity index (χ0v) is 12.2. The molecule has 1 aliphatic heterocycles. The molecule has 5 heteroatoms. The minimum Gasteiger partial charge on any atom is -0.493 e. The highest BCUT2D eigenvalue weighted by Gasteiger charge is 2.24. The summed E-state index contributed by atoms with van der Waals surface area (Å²) in [6.45, 7) is 0.798. The number of benzene rings is 2. The maximum atomic E-state index is 11.1. The third-order valence-corrected chi connectivity index (χ3v) is 3.50. The molecule has 0 saturated carbocycles. The van der Waals surface area contributed by atoms with E-state index < -0.39 is 6.09 Å². The summed E-state index contributed by atoms with van der Waals surface area (Å²) >= 11 is 0. The lowest BCUT2D eigenvalue weighted by molar-refractivity contribution is 0.177. The first-order chi connectivity index (χ1) is 10.8. The fourth-order valence-corrected chi connectivity index (χ4v) is 2.32. The van der Waals surface area contributed by atoms with Gasteiger partial charge in [-0.1, -0.05) is 36.4 Å². The van der Waals surface area contributed by atoms with Crippen LogP contribution in [0.4, 0.5) is 4.79 Å². The molecule has 1 saturated heterocycles. The summed E-state index contributed by atoms with van der Waals surface area (Å²) in [5.41, 5.74) is 2.01. The van der Waals surface area contributed by atoms with E-state index in [0.717, 1.165) is 11.1 Å². The van der Waals surface area contributed by atoms with E-state index >= 15 is 0 Å². The van der Waals surface area contributed by atoms with Crippen LogP contribution in [0.5, 0.6) is 11.5 Å². The lowest BCUT2D eigenvalue weighted by Gasteiger charge is -2.14. The van der Waals surface area contributed by atoms with Gasteiger partial charge in [0.05, 0.1) is 13.2 Å². The van der Waals surface area contributed by atoms with Crippen LogP contribution in [-0.2, 0) is 11.3 Å². The fraction of sp³-hybridized carbons (Fsp3) is 0.235. The SMILES string of the molecule is COc1cc([C@@H]2COC(=O)N2)ccc1OCc1ccccc1. The van der Waals surface area contributed by atoms with E-state index in [-0.39, 0.29) is 6.04 Å². The van der Waals surface area contributed by atoms with Crippen LogP contribution in [0.25, 0.3) is 0 Å². The molecule has 1 aliphatic rings. The molecule has 0 aliphatic carbocycles. The van der Waals surface area contributed by atoms with E-state index in [0.29, 0.717) is 24.7 Å². The number of nitrogens with one attached hydrogen (secondary N) is 1. The average Bonchev–Trinajstić information content (AvgIpc) is 3.00. The van der Waals surface area contributed by atoms with Crippen molar-refractivity contribution in [3.63, 3.8) is 0 Å². The number of hydrogen-bond acceptors (Lipinski definition) is 4. The number of alkyl carbamates (subject to hydrolysis) is 1. The Morgan fingerprint density at radius 2 is 2.00 bits per heavy atom. The summed E-state index contributed by atoms with van der Waals surface area (Å²) in [6, 6.07) is 15.4. The second-order valence-electron chi connectivity index (χ2n) is 4.98. The molecule has 22 heavy (non-hydrogen) atoms. The molecule has 1 fully saturated rings. The Morgan fingerprint density at radius 3 is 2.68 bits per heavy atom. The summed E-state index contributed by atoms with van der Waals surface area (Å²) in [7, 11) is 1.60. The second-order valence-corrected chi connectivity index (χ2v) is 4.98. The van der Waals surface area contributed by atoms with E-state index in [1.165, 1.54) is 0 Å². The van der Waals surface area contributed by atoms with Crippen molar-refractivity contribution in [2.75, 3.05) is 13.7 Å². The van der Waals surface area contributed by atoms with Gasteiger partial charge in [-0.05, 0) is 23.3 Å². The average molecular weight is 299 g/mol. The molecule has 0 spiro atoms. The Hall–Kier alpha value is -2.69. The third-order valence-electron chi connectivity index (χ3n) is 3.50. The molecule has 0 aromatic heterocycles. The molecule has 0 unspecified atom stereocenters. The second kappa shape index (κ2) is 6.39. The van der Waals surface area contributed by atoms with Gasteiger partial charge in [0.25, 0.3) is 0 Å². The highest BCUT2D eigenvalue weighted by Crippen LogP contribution is 2.32. The minimum atomic E-state index is -0.395. The fourth-order valence-electron chi connectivity index (χ4n) is 2.32. The van der Waals surface area contributed by atoms with Gasteiger partial charge in [-0.3, -0.25) is 0 Å². The maximum Gasteiger partial charge on any atom is 0.407 e. The zero-order valence-electron chi connectivity index (χ0n) is 12.2. The van der Waals surface area contributed by atoms with Crippen LogP contribution < -0.4 is 14.8 Å². The molecule has 2 aromatic rings. The number of cyclic esters (lactones) is 1. The number of methoxy groups -OCH3 is 1. The van der Waals surface area contributed by atoms with Crippen LogP contribution in [-0.4, -0.2) is 19.8 Å². The summed E-state index contributed by atoms with van der Waals surface area (Å²) in [5.74, 6) is 1.30. The summed E-state index contributed by atoms with van der Waals surface area (Å²) in [6.07, 6.45) is -0.395. The normalized spacial score (nSPS) is 16.8. The summed E-state index contributed by atoms with van der Waals surface area (Å²) in [4.78, 5) is 11.1. The first-order valence-corrected chi connectivity index (χ1v) is 7.04. The Kier molecular flexibility index (Phi) is 4.14. The van der Waals surface area contributed by atoms with Crippen molar-refractivity contribution in [2.45, 2.75) is 12.6 Å². The van der Waals surface area contributed by atoms with Gasteiger partial charge in [0.15, 0.2) is 11.5 Å². The predicted octanol–water partition coefficient (Wildman–Crippen LogP) is 3.06. The van der Waals surface area contributed by atoms with E-state index in [2.05, 4.69) is 5.32 Å². The monoisotopic (exact) mass is 299 g/mol. The van der Waals surface area contributed by atoms with Gasteiger partial charge in [0, 0.05) is 0 Å². The summed E-state index contributed by atoms with van der Waals surface area (Å²) in [5, 5.41) is 2.74. The van der Waals surface area contributed by atoms with Crippen LogP contribution in [0.2, 0.25) is 0 Å². The Bertz CT molecular complexity index is 657. The number of amides is 1. The molecule has 1 atom stereocenters. The van der Waals surface area contributed by atoms with Gasteiger partial charge in [0.1, 0.15) is 13.2 Å². The first-order valence-electron chi connectivity index (χ1n) is 7.04. The van der Waals surface area contributed by atoms with E-state index in [4.69, 9.17) is 14.2 Å². The van der Waals surface area contributed by atoms with Crippen molar-refractivity contribution in [1.82, 2.24) is 5.32 Å². The van der Waals surface area contributed by atoms with E-state index in [1.54, 1.807) is 7.11 Å². The molecule has 1 amide bonds. The molecule has 0 radical (unpaired) electrons. The lowest BCUT2D eigenvalue weighted by Crippen LogP contribution is -2.18. The van der Waals surface area contributed by atoms with Gasteiger partial charge in [-0.15, -0.1) is 0 Å². The number of hydrogen-bond donors (Lipinski definition) is 1. The number of ether oxygens (including phenoxy) is 3. The van der Waals surface area contributed by atoms with Crippen molar-refractivity contribution >= 4 is 6.09 Å². The number of rotatable bonds is 5. The van der Waals surface area contributed by atoms with E-state index in [1.807, 2.05) is 48.5 Å². The molecular formula is C17H17NO4. The highest BCUT2D eigenvalue weighted by atomic mass is 16.6. The molecule has 5 nitrogen and oxygen atoms in total. The van der Waals surface area contributed by atoms with Crippen LogP contribution in [0, 0.1) is 0 Å². The Balaban J connectivity index is 1.73. The van der Waals surface area contributed by atoms with Crippen molar-refractivity contribution in [1.29, 1.82) is 0 Å². The van der Waals surface area contributed by atoms with Crippen molar-refractivity contribution < 1.29 is 19.0 Å². The molecule has 0 bridgehead atoms. The predicted molar refractivity (Wildman–Crippen MR) is 81.0 cm³/mol. The summed E-state index contributed by atoms with van der Waals surface area (Å²) < 4.78 is 16.1. The van der Waals surface area contributed by atoms with Gasteiger partial charge >= 0.3 is 6.09 Å². The van der Waals surface area contributed by atoms with Crippen LogP contribution in [0.1, 0.15) is 17.2 Å². The third kappa shape index (κ3) is 3.14. The first kappa shape index (κ1) is 14.3. The van der Waals surface area contributed by atoms with Gasteiger partial charge in [-0.25, -0.2) is 4.79 Å². The van der Waals surface area contributed by atoms with Gasteiger partial charge < -0.3 is 19.5 Å². The number of carbonyl (C=O) groups excluding carboxylic acids is 1. The molecule has 1 heterocycles. The van der Waals surface area contributed by atoms with Crippen molar-refractivity contribution in [3.05, 3.63) is 59.7 Å². The van der Waals surface area contributed by atoms with Crippen molar-refractivity contribution in [3.8, 4) is 11.5 Å². The molecule has 1 N–H and O–H groups in total. The molecular weight excluding hydrogens is 282 g/mol. The van der Waals surface area contributed by atoms with Gasteiger partial charge in [0.2, 0.25) is 0 Å². The quantitative estimate of drug-likeness (QED) is 0.922. The Morgan fingerprint density at radius 1 is 1.18 bits per heavy atom. The lowest BCUT2D eigenvalue weighted by atomic mass is 10.1. The highest BCUT2D eigenvalue weighted by molar-refractivity contribution is 5.70. The van der Waals surface area contributed by atoms with E-state index in [9.17, 15) is 4.79 Å². The molecule has 3 rings (SSSR count). The minimum absolute atomic E-state index is 0.149. The topological polar surface area (TPSA) is 56.8 Å². The van der Waals surface area contributed by atoms with Crippen LogP contribution in [0.15, 0.2) is 48.5 Å². The largest absolute Gasteiger partial charge is 0.493 e. The maximum absolute atomic E-state index is 11.1. The number of carbonyl (C=O) groups is 1. The zero-order chi connectivity index (χ0) is 15.4. The smallest absolute Gasteiger partial charge is 0.407 e. The van der Waals surface area contributed by atoms with Crippen LogP contribution >= 0.6 is 0 Å². The van der Waals surface area contributed by atoms with Gasteiger partial charge in [-0.2, -0.15) is 0 Å². The Labute approximate surface area is 128 Å². The van der Waals surface area contributed by atoms with Crippen LogP contribution in [0.3, 0.4) is 0 Å².